The van der Waals surface area contributed by atoms with E-state index < -0.39 is 0 Å². The van der Waals surface area contributed by atoms with Crippen molar-refractivity contribution in [1.82, 2.24) is 25.2 Å². The number of aryl methyl sites for hydroxylation is 1. The Kier molecular flexibility index (Phi) is 5.90. The molecule has 1 fully saturated rings. The van der Waals surface area contributed by atoms with Crippen molar-refractivity contribution in [3.05, 3.63) is 70.0 Å². The summed E-state index contributed by atoms with van der Waals surface area (Å²) < 4.78 is 1.25. The molecule has 0 saturated heterocycles. The van der Waals surface area contributed by atoms with E-state index in [1.54, 1.807) is 18.2 Å². The molecule has 1 N–H and O–H groups in total. The van der Waals surface area contributed by atoms with Gasteiger partial charge in [0.15, 0.2) is 0 Å². The number of amides is 2. The second-order valence-electron chi connectivity index (χ2n) is 9.01. The molecule has 33 heavy (non-hydrogen) atoms. The molecule has 2 heterocycles. The van der Waals surface area contributed by atoms with Crippen molar-refractivity contribution in [3.8, 4) is 0 Å². The van der Waals surface area contributed by atoms with E-state index in [2.05, 4.69) is 15.6 Å². The summed E-state index contributed by atoms with van der Waals surface area (Å²) in [6.07, 6.45) is 3.97. The Bertz CT molecular complexity index is 1250. The summed E-state index contributed by atoms with van der Waals surface area (Å²) in [7, 11) is 0. The quantitative estimate of drug-likeness (QED) is 0.629. The molecule has 0 radical (unpaired) electrons. The highest BCUT2D eigenvalue weighted by Gasteiger charge is 2.30. The smallest absolute Gasteiger partial charge is 0.277 e. The number of carbonyl (C=O) groups excluding carboxylic acids is 2. The summed E-state index contributed by atoms with van der Waals surface area (Å²) >= 11 is 0. The van der Waals surface area contributed by atoms with E-state index in [0.717, 1.165) is 43.4 Å². The Balaban J connectivity index is 1.08. The second kappa shape index (κ2) is 9.13. The average Bonchev–Trinajstić information content (AvgIpc) is 3.15. The summed E-state index contributed by atoms with van der Waals surface area (Å²) in [5.74, 6) is 0.515. The lowest BCUT2D eigenvalue weighted by Gasteiger charge is -2.31. The first-order valence-corrected chi connectivity index (χ1v) is 11.6. The number of aromatic nitrogens is 3. The first-order chi connectivity index (χ1) is 16.1. The monoisotopic (exact) mass is 445 g/mol. The maximum absolute atomic E-state index is 12.6. The molecular formula is C25H27N5O3. The summed E-state index contributed by atoms with van der Waals surface area (Å²) in [4.78, 5) is 39.5. The molecule has 0 spiro atoms. The van der Waals surface area contributed by atoms with Crippen molar-refractivity contribution in [2.24, 2.45) is 5.92 Å². The number of carbonyl (C=O) groups is 2. The van der Waals surface area contributed by atoms with E-state index in [9.17, 15) is 14.4 Å². The van der Waals surface area contributed by atoms with Crippen LogP contribution in [0.2, 0.25) is 0 Å². The Hall–Kier alpha value is -3.55. The van der Waals surface area contributed by atoms with Crippen LogP contribution in [0.1, 0.15) is 48.0 Å². The SMILES string of the molecule is O=C(CCn1nnc2ccccc2c1=O)NC1CCC(CN2Cc3ccccc3C2=O)CC1. The van der Waals surface area contributed by atoms with Crippen molar-refractivity contribution in [3.63, 3.8) is 0 Å². The minimum absolute atomic E-state index is 0.0783. The number of fused-ring (bicyclic) bond motifs is 2. The molecule has 1 aliphatic heterocycles. The van der Waals surface area contributed by atoms with Gasteiger partial charge in [-0.3, -0.25) is 14.4 Å². The molecule has 8 nitrogen and oxygen atoms in total. The highest BCUT2D eigenvalue weighted by atomic mass is 16.2. The van der Waals surface area contributed by atoms with E-state index in [-0.39, 0.29) is 36.4 Å². The van der Waals surface area contributed by atoms with Crippen molar-refractivity contribution < 1.29 is 9.59 Å². The van der Waals surface area contributed by atoms with Crippen LogP contribution in [0.15, 0.2) is 53.3 Å². The summed E-state index contributed by atoms with van der Waals surface area (Å²) in [5, 5.41) is 11.6. The first-order valence-electron chi connectivity index (χ1n) is 11.6. The van der Waals surface area contributed by atoms with E-state index >= 15 is 0 Å². The van der Waals surface area contributed by atoms with E-state index in [1.165, 1.54) is 4.68 Å². The zero-order valence-electron chi connectivity index (χ0n) is 18.4. The van der Waals surface area contributed by atoms with Gasteiger partial charge in [-0.05, 0) is 55.4 Å². The normalized spacial score (nSPS) is 20.1. The molecule has 2 aromatic carbocycles. The third kappa shape index (κ3) is 4.51. The zero-order chi connectivity index (χ0) is 22.8. The minimum atomic E-state index is -0.229. The highest BCUT2D eigenvalue weighted by molar-refractivity contribution is 5.98. The number of benzene rings is 2. The maximum Gasteiger partial charge on any atom is 0.277 e. The maximum atomic E-state index is 12.6. The second-order valence-corrected chi connectivity index (χ2v) is 9.01. The molecule has 0 unspecified atom stereocenters. The molecule has 0 bridgehead atoms. The Morgan fingerprint density at radius 2 is 1.76 bits per heavy atom. The van der Waals surface area contributed by atoms with Crippen molar-refractivity contribution in [1.29, 1.82) is 0 Å². The van der Waals surface area contributed by atoms with E-state index in [1.807, 2.05) is 35.2 Å². The van der Waals surface area contributed by atoms with Gasteiger partial charge in [-0.25, -0.2) is 4.68 Å². The third-order valence-electron chi connectivity index (χ3n) is 6.77. The molecule has 2 aliphatic rings. The number of nitrogens with one attached hydrogen (secondary N) is 1. The zero-order valence-corrected chi connectivity index (χ0v) is 18.4. The van der Waals surface area contributed by atoms with Gasteiger partial charge in [0.25, 0.3) is 11.5 Å². The summed E-state index contributed by atoms with van der Waals surface area (Å²) in [6, 6.07) is 15.0. The first kappa shape index (κ1) is 21.3. The van der Waals surface area contributed by atoms with Gasteiger partial charge in [-0.2, -0.15) is 0 Å². The van der Waals surface area contributed by atoms with Gasteiger partial charge in [-0.15, -0.1) is 5.10 Å². The van der Waals surface area contributed by atoms with Crippen LogP contribution in [0.4, 0.5) is 0 Å². The molecule has 0 atom stereocenters. The van der Waals surface area contributed by atoms with Crippen LogP contribution in [0.5, 0.6) is 0 Å². The van der Waals surface area contributed by atoms with Crippen LogP contribution < -0.4 is 10.9 Å². The van der Waals surface area contributed by atoms with Gasteiger partial charge in [-0.1, -0.05) is 35.5 Å². The summed E-state index contributed by atoms with van der Waals surface area (Å²) in [5.41, 5.74) is 2.26. The number of nitrogens with zero attached hydrogens (tertiary/aromatic N) is 4. The number of rotatable bonds is 6. The highest BCUT2D eigenvalue weighted by Crippen LogP contribution is 2.29. The third-order valence-corrected chi connectivity index (χ3v) is 6.77. The average molecular weight is 446 g/mol. The Labute approximate surface area is 191 Å². The molecule has 8 heteroatoms. The van der Waals surface area contributed by atoms with Gasteiger partial charge < -0.3 is 10.2 Å². The molecular weight excluding hydrogens is 418 g/mol. The minimum Gasteiger partial charge on any atom is -0.353 e. The van der Waals surface area contributed by atoms with Gasteiger partial charge in [0, 0.05) is 31.1 Å². The Morgan fingerprint density at radius 3 is 2.58 bits per heavy atom. The lowest BCUT2D eigenvalue weighted by Crippen LogP contribution is -2.40. The lowest BCUT2D eigenvalue weighted by molar-refractivity contribution is -0.122. The topological polar surface area (TPSA) is 97.2 Å². The van der Waals surface area contributed by atoms with Crippen LogP contribution in [-0.4, -0.2) is 44.3 Å². The van der Waals surface area contributed by atoms with Crippen molar-refractivity contribution in [2.45, 2.75) is 51.2 Å². The van der Waals surface area contributed by atoms with Crippen molar-refractivity contribution in [2.75, 3.05) is 6.54 Å². The van der Waals surface area contributed by atoms with Crippen LogP contribution in [0.3, 0.4) is 0 Å². The fourth-order valence-corrected chi connectivity index (χ4v) is 4.94. The van der Waals surface area contributed by atoms with E-state index in [4.69, 9.17) is 0 Å². The molecule has 2 amide bonds. The van der Waals surface area contributed by atoms with Gasteiger partial charge in [0.2, 0.25) is 5.91 Å². The number of hydrogen-bond donors (Lipinski definition) is 1. The predicted octanol–water partition coefficient (Wildman–Crippen LogP) is 2.51. The predicted molar refractivity (Wildman–Crippen MR) is 123 cm³/mol. The number of hydrogen-bond acceptors (Lipinski definition) is 5. The molecule has 1 aliphatic carbocycles. The van der Waals surface area contributed by atoms with Gasteiger partial charge >= 0.3 is 0 Å². The van der Waals surface area contributed by atoms with Crippen LogP contribution in [-0.2, 0) is 17.9 Å². The molecule has 170 valence electrons. The largest absolute Gasteiger partial charge is 0.353 e. The van der Waals surface area contributed by atoms with Crippen LogP contribution >= 0.6 is 0 Å². The summed E-state index contributed by atoms with van der Waals surface area (Å²) in [6.45, 7) is 1.68. The molecule has 1 saturated carbocycles. The lowest BCUT2D eigenvalue weighted by atomic mass is 9.85. The van der Waals surface area contributed by atoms with E-state index in [0.29, 0.717) is 23.4 Å². The van der Waals surface area contributed by atoms with Gasteiger partial charge in [0.05, 0.1) is 11.9 Å². The molecule has 1 aromatic heterocycles. The molecule has 3 aromatic rings. The fraction of sp³-hybridized carbons (Fsp3) is 0.400. The Morgan fingerprint density at radius 1 is 1.00 bits per heavy atom. The standard InChI is InChI=1S/C25H27N5O3/c31-23(13-14-30-25(33)21-7-3-4-8-22(21)27-28-30)26-19-11-9-17(10-12-19)15-29-16-18-5-1-2-6-20(18)24(29)32/h1-8,17,19H,9-16H2,(H,26,31). The van der Waals surface area contributed by atoms with Crippen LogP contribution in [0, 0.1) is 5.92 Å². The fourth-order valence-electron chi connectivity index (χ4n) is 4.94. The van der Waals surface area contributed by atoms with Crippen molar-refractivity contribution >= 4 is 22.7 Å². The van der Waals surface area contributed by atoms with Gasteiger partial charge in [0.1, 0.15) is 5.52 Å². The van der Waals surface area contributed by atoms with Crippen LogP contribution in [0.25, 0.3) is 10.9 Å². The molecule has 5 rings (SSSR count).